The Balaban J connectivity index is 1.83. The van der Waals surface area contributed by atoms with E-state index in [0.717, 1.165) is 10.0 Å². The highest BCUT2D eigenvalue weighted by Gasteiger charge is 2.19. The van der Waals surface area contributed by atoms with Crippen molar-refractivity contribution < 1.29 is 14.4 Å². The van der Waals surface area contributed by atoms with Crippen LogP contribution in [-0.2, 0) is 0 Å². The molecule has 5 nitrogen and oxygen atoms in total. The minimum Gasteiger partial charge on any atom is -0.508 e. The summed E-state index contributed by atoms with van der Waals surface area (Å²) in [5.41, 5.74) is 1.52. The van der Waals surface area contributed by atoms with Gasteiger partial charge in [-0.05, 0) is 48.9 Å². The van der Waals surface area contributed by atoms with E-state index in [0.29, 0.717) is 17.1 Å². The van der Waals surface area contributed by atoms with Crippen molar-refractivity contribution in [2.24, 2.45) is 0 Å². The molecule has 1 heterocycles. The number of nitrogens with one attached hydrogen (secondary N) is 1. The van der Waals surface area contributed by atoms with Crippen molar-refractivity contribution in [1.82, 2.24) is 5.16 Å². The van der Waals surface area contributed by atoms with E-state index in [1.807, 2.05) is 31.2 Å². The summed E-state index contributed by atoms with van der Waals surface area (Å²) in [4.78, 5) is 12.6. The van der Waals surface area contributed by atoms with Gasteiger partial charge in [0, 0.05) is 22.5 Å². The fourth-order valence-electron chi connectivity index (χ4n) is 2.51. The number of aromatic nitrogens is 1. The number of halogens is 1. The molecule has 25 heavy (non-hydrogen) atoms. The summed E-state index contributed by atoms with van der Waals surface area (Å²) in [6.45, 7) is 1.81. The number of hydrogen-bond acceptors (Lipinski definition) is 5. The Kier molecular flexibility index (Phi) is 5.19. The van der Waals surface area contributed by atoms with E-state index >= 15 is 0 Å². The van der Waals surface area contributed by atoms with Gasteiger partial charge < -0.3 is 14.9 Å². The zero-order valence-electron chi connectivity index (χ0n) is 13.6. The molecule has 3 aromatic rings. The molecule has 1 aromatic heterocycles. The summed E-state index contributed by atoms with van der Waals surface area (Å²) in [6.07, 6.45) is 0.248. The molecule has 1 unspecified atom stereocenters. The molecule has 0 bridgehead atoms. The lowest BCUT2D eigenvalue weighted by atomic mass is 9.98. The predicted octanol–water partition coefficient (Wildman–Crippen LogP) is 4.88. The molecular weight excluding hydrogens is 384 g/mol. The highest BCUT2D eigenvalue weighted by Crippen LogP contribution is 2.26. The lowest BCUT2D eigenvalue weighted by Crippen LogP contribution is -2.16. The number of carbonyl (C=O) groups is 1. The third kappa shape index (κ3) is 4.48. The Morgan fingerprint density at radius 1 is 1.20 bits per heavy atom. The number of aromatic hydroxyl groups is 1. The maximum Gasteiger partial charge on any atom is 0.170 e. The van der Waals surface area contributed by atoms with Crippen LogP contribution in [0, 0.1) is 6.92 Å². The second kappa shape index (κ2) is 7.53. The van der Waals surface area contributed by atoms with Crippen molar-refractivity contribution in [3.8, 4) is 5.75 Å². The van der Waals surface area contributed by atoms with Gasteiger partial charge in [-0.1, -0.05) is 33.2 Å². The first-order chi connectivity index (χ1) is 12.0. The number of Topliss-reactive ketones (excluding diaryl/α,β-unsaturated/α-hetero) is 1. The van der Waals surface area contributed by atoms with Crippen LogP contribution in [0.15, 0.2) is 63.6 Å². The average Bonchev–Trinajstić information content (AvgIpc) is 3.00. The van der Waals surface area contributed by atoms with Crippen molar-refractivity contribution in [2.45, 2.75) is 19.4 Å². The summed E-state index contributed by atoms with van der Waals surface area (Å²) >= 11 is 3.42. The standard InChI is InChI=1S/C19H17BrN2O3/c1-12-10-19(22-25-12)21-17(13-2-6-15(20)7-3-13)11-18(24)14-4-8-16(23)9-5-14/h2-10,17,23H,11H2,1H3,(H,21,22). The summed E-state index contributed by atoms with van der Waals surface area (Å²) < 4.78 is 6.06. The number of anilines is 1. The molecule has 6 heteroatoms. The van der Waals surface area contributed by atoms with E-state index in [4.69, 9.17) is 4.52 Å². The third-order valence-electron chi connectivity index (χ3n) is 3.80. The predicted molar refractivity (Wildman–Crippen MR) is 98.8 cm³/mol. The second-order valence-electron chi connectivity index (χ2n) is 5.75. The normalized spacial score (nSPS) is 11.9. The largest absolute Gasteiger partial charge is 0.508 e. The molecule has 128 valence electrons. The Labute approximate surface area is 153 Å². The average molecular weight is 401 g/mol. The van der Waals surface area contributed by atoms with Gasteiger partial charge in [-0.25, -0.2) is 0 Å². The number of carbonyl (C=O) groups excluding carboxylic acids is 1. The maximum atomic E-state index is 12.6. The fourth-order valence-corrected chi connectivity index (χ4v) is 2.78. The SMILES string of the molecule is Cc1cc(NC(CC(=O)c2ccc(O)cc2)c2ccc(Br)cc2)no1. The van der Waals surface area contributed by atoms with Gasteiger partial charge in [0.05, 0.1) is 6.04 Å². The highest BCUT2D eigenvalue weighted by molar-refractivity contribution is 9.10. The van der Waals surface area contributed by atoms with Crippen LogP contribution in [0.5, 0.6) is 5.75 Å². The van der Waals surface area contributed by atoms with Crippen molar-refractivity contribution >= 4 is 27.5 Å². The number of phenolic OH excluding ortho intramolecular Hbond substituents is 1. The molecule has 3 rings (SSSR count). The second-order valence-corrected chi connectivity index (χ2v) is 6.66. The zero-order valence-corrected chi connectivity index (χ0v) is 15.2. The van der Waals surface area contributed by atoms with E-state index < -0.39 is 0 Å². The molecular formula is C19H17BrN2O3. The van der Waals surface area contributed by atoms with Gasteiger partial charge in [-0.15, -0.1) is 0 Å². The maximum absolute atomic E-state index is 12.6. The fraction of sp³-hybridized carbons (Fsp3) is 0.158. The number of benzene rings is 2. The Morgan fingerprint density at radius 3 is 2.48 bits per heavy atom. The molecule has 0 saturated heterocycles. The van der Waals surface area contributed by atoms with E-state index in [1.54, 1.807) is 18.2 Å². The minimum atomic E-state index is -0.251. The van der Waals surface area contributed by atoms with Crippen molar-refractivity contribution in [3.63, 3.8) is 0 Å². The molecule has 1 atom stereocenters. The lowest BCUT2D eigenvalue weighted by Gasteiger charge is -2.18. The summed E-state index contributed by atoms with van der Waals surface area (Å²) in [5.74, 6) is 1.39. The molecule has 0 saturated carbocycles. The van der Waals surface area contributed by atoms with Gasteiger partial charge in [-0.2, -0.15) is 0 Å². The van der Waals surface area contributed by atoms with Gasteiger partial charge >= 0.3 is 0 Å². The Morgan fingerprint density at radius 2 is 1.88 bits per heavy atom. The molecule has 2 aromatic carbocycles. The van der Waals surface area contributed by atoms with Crippen LogP contribution in [-0.4, -0.2) is 16.0 Å². The van der Waals surface area contributed by atoms with Crippen LogP contribution >= 0.6 is 15.9 Å². The third-order valence-corrected chi connectivity index (χ3v) is 4.33. The number of ketones is 1. The Bertz CT molecular complexity index is 857. The summed E-state index contributed by atoms with van der Waals surface area (Å²) in [5, 5.41) is 16.6. The van der Waals surface area contributed by atoms with Crippen molar-refractivity contribution in [3.05, 3.63) is 76.0 Å². The van der Waals surface area contributed by atoms with Gasteiger partial charge in [0.25, 0.3) is 0 Å². The smallest absolute Gasteiger partial charge is 0.170 e. The van der Waals surface area contributed by atoms with Crippen LogP contribution in [0.2, 0.25) is 0 Å². The van der Waals surface area contributed by atoms with Gasteiger partial charge in [0.1, 0.15) is 11.5 Å². The number of phenols is 1. The lowest BCUT2D eigenvalue weighted by molar-refractivity contribution is 0.0976. The summed E-state index contributed by atoms with van der Waals surface area (Å²) in [6, 6.07) is 15.6. The monoisotopic (exact) mass is 400 g/mol. The van der Waals surface area contributed by atoms with Crippen LogP contribution in [0.25, 0.3) is 0 Å². The molecule has 2 N–H and O–H groups in total. The van der Waals surface area contributed by atoms with E-state index in [1.165, 1.54) is 12.1 Å². The Hall–Kier alpha value is -2.60. The first-order valence-corrected chi connectivity index (χ1v) is 8.58. The van der Waals surface area contributed by atoms with Crippen LogP contribution in [0.3, 0.4) is 0 Å². The van der Waals surface area contributed by atoms with E-state index in [-0.39, 0.29) is 24.0 Å². The molecule has 0 fully saturated rings. The van der Waals surface area contributed by atoms with E-state index in [2.05, 4.69) is 26.4 Å². The van der Waals surface area contributed by atoms with Crippen molar-refractivity contribution in [1.29, 1.82) is 0 Å². The summed E-state index contributed by atoms with van der Waals surface area (Å²) in [7, 11) is 0. The molecule has 0 aliphatic carbocycles. The first kappa shape index (κ1) is 17.2. The molecule has 0 amide bonds. The van der Waals surface area contributed by atoms with Gasteiger partial charge in [0.2, 0.25) is 0 Å². The number of rotatable bonds is 6. The van der Waals surface area contributed by atoms with Gasteiger partial charge in [0.15, 0.2) is 11.6 Å². The topological polar surface area (TPSA) is 75.4 Å². The van der Waals surface area contributed by atoms with Crippen molar-refractivity contribution in [2.75, 3.05) is 5.32 Å². The van der Waals surface area contributed by atoms with E-state index in [9.17, 15) is 9.90 Å². The van der Waals surface area contributed by atoms with Gasteiger partial charge in [-0.3, -0.25) is 4.79 Å². The molecule has 0 aliphatic rings. The number of aryl methyl sites for hydroxylation is 1. The molecule has 0 spiro atoms. The molecule has 0 aliphatic heterocycles. The quantitative estimate of drug-likeness (QED) is 0.576. The number of nitrogens with zero attached hydrogens (tertiary/aromatic N) is 1. The zero-order chi connectivity index (χ0) is 17.8. The van der Waals surface area contributed by atoms with Crippen LogP contribution < -0.4 is 5.32 Å². The minimum absolute atomic E-state index is 0.0272. The first-order valence-electron chi connectivity index (χ1n) is 7.79. The van der Waals surface area contributed by atoms with Crippen LogP contribution in [0.1, 0.15) is 34.1 Å². The molecule has 0 radical (unpaired) electrons. The number of hydrogen-bond donors (Lipinski definition) is 2. The highest BCUT2D eigenvalue weighted by atomic mass is 79.9. The van der Waals surface area contributed by atoms with Crippen LogP contribution in [0.4, 0.5) is 5.82 Å².